The number of amides is 1. The molecular weight excluding hydrogens is 238 g/mol. The van der Waals surface area contributed by atoms with Crippen LogP contribution in [0.5, 0.6) is 0 Å². The Morgan fingerprint density at radius 3 is 2.32 bits per heavy atom. The van der Waals surface area contributed by atoms with E-state index < -0.39 is 11.1 Å². The fraction of sp³-hybridized carbons (Fsp3) is 0.562. The maximum atomic E-state index is 12.2. The molecule has 1 aliphatic heterocycles. The zero-order valence-corrected chi connectivity index (χ0v) is 12.2. The molecule has 104 valence electrons. The number of benzene rings is 1. The third-order valence-corrected chi connectivity index (χ3v) is 4.35. The van der Waals surface area contributed by atoms with E-state index in [1.54, 1.807) is 0 Å². The fourth-order valence-corrected chi connectivity index (χ4v) is 3.37. The van der Waals surface area contributed by atoms with Crippen molar-refractivity contribution in [1.82, 2.24) is 4.90 Å². The van der Waals surface area contributed by atoms with Gasteiger partial charge in [-0.1, -0.05) is 30.3 Å². The number of nitrogens with zero attached hydrogens (tertiary/aromatic N) is 1. The van der Waals surface area contributed by atoms with Crippen LogP contribution in [0.15, 0.2) is 30.3 Å². The standard InChI is InChI=1S/C16H23NO2/c1-12(2)17-14(18)10-11-16(19,15(17,3)4)13-8-6-5-7-9-13/h5-9,12,19H,10-11H2,1-4H3. The Balaban J connectivity index is 2.50. The van der Waals surface area contributed by atoms with E-state index in [2.05, 4.69) is 0 Å². The van der Waals surface area contributed by atoms with Crippen LogP contribution in [0.2, 0.25) is 0 Å². The van der Waals surface area contributed by atoms with Gasteiger partial charge in [-0.05, 0) is 39.7 Å². The van der Waals surface area contributed by atoms with E-state index in [0.29, 0.717) is 12.8 Å². The van der Waals surface area contributed by atoms with Gasteiger partial charge in [0, 0.05) is 12.5 Å². The monoisotopic (exact) mass is 261 g/mol. The van der Waals surface area contributed by atoms with Crippen molar-refractivity contribution in [2.24, 2.45) is 0 Å². The first-order valence-electron chi connectivity index (χ1n) is 6.91. The van der Waals surface area contributed by atoms with Crippen molar-refractivity contribution in [2.45, 2.75) is 57.7 Å². The minimum absolute atomic E-state index is 0.0815. The molecule has 1 N–H and O–H groups in total. The smallest absolute Gasteiger partial charge is 0.223 e. The lowest BCUT2D eigenvalue weighted by Crippen LogP contribution is -2.65. The Hall–Kier alpha value is -1.35. The molecule has 19 heavy (non-hydrogen) atoms. The van der Waals surface area contributed by atoms with Crippen LogP contribution in [-0.4, -0.2) is 27.5 Å². The van der Waals surface area contributed by atoms with Gasteiger partial charge in [0.1, 0.15) is 5.60 Å². The molecule has 0 spiro atoms. The van der Waals surface area contributed by atoms with Crippen LogP contribution < -0.4 is 0 Å². The molecule has 1 aromatic rings. The number of carbonyl (C=O) groups excluding carboxylic acids is 1. The lowest BCUT2D eigenvalue weighted by atomic mass is 9.70. The quantitative estimate of drug-likeness (QED) is 0.889. The van der Waals surface area contributed by atoms with Crippen LogP contribution in [0.3, 0.4) is 0 Å². The molecule has 2 rings (SSSR count). The summed E-state index contributed by atoms with van der Waals surface area (Å²) in [5.41, 5.74) is -0.720. The highest BCUT2D eigenvalue weighted by Crippen LogP contribution is 2.45. The molecule has 1 fully saturated rings. The molecule has 1 heterocycles. The lowest BCUT2D eigenvalue weighted by molar-refractivity contribution is -0.175. The van der Waals surface area contributed by atoms with E-state index in [0.717, 1.165) is 5.56 Å². The number of piperidine rings is 1. The number of hydrogen-bond acceptors (Lipinski definition) is 2. The van der Waals surface area contributed by atoms with Crippen molar-refractivity contribution in [1.29, 1.82) is 0 Å². The molecule has 0 radical (unpaired) electrons. The molecule has 1 saturated heterocycles. The van der Waals surface area contributed by atoms with Crippen molar-refractivity contribution in [3.05, 3.63) is 35.9 Å². The van der Waals surface area contributed by atoms with Crippen LogP contribution in [0.4, 0.5) is 0 Å². The molecule has 0 saturated carbocycles. The van der Waals surface area contributed by atoms with E-state index in [1.165, 1.54) is 0 Å². The van der Waals surface area contributed by atoms with E-state index in [1.807, 2.05) is 62.9 Å². The third kappa shape index (κ3) is 2.06. The number of likely N-dealkylation sites (tertiary alicyclic amines) is 1. The van der Waals surface area contributed by atoms with Crippen molar-refractivity contribution < 1.29 is 9.90 Å². The zero-order chi connectivity index (χ0) is 14.3. The highest BCUT2D eigenvalue weighted by atomic mass is 16.3. The second-order valence-corrected chi connectivity index (χ2v) is 6.14. The van der Waals surface area contributed by atoms with E-state index in [-0.39, 0.29) is 11.9 Å². The number of aliphatic hydroxyl groups is 1. The van der Waals surface area contributed by atoms with Gasteiger partial charge >= 0.3 is 0 Å². The number of carbonyl (C=O) groups is 1. The summed E-state index contributed by atoms with van der Waals surface area (Å²) in [5, 5.41) is 11.2. The molecule has 3 heteroatoms. The number of rotatable bonds is 2. The van der Waals surface area contributed by atoms with Gasteiger partial charge < -0.3 is 10.0 Å². The Kier molecular flexibility index (Phi) is 3.43. The zero-order valence-electron chi connectivity index (χ0n) is 12.2. The summed E-state index contributed by atoms with van der Waals surface area (Å²) in [5.74, 6) is 0.126. The van der Waals surface area contributed by atoms with Crippen LogP contribution in [-0.2, 0) is 10.4 Å². The first kappa shape index (κ1) is 14.1. The normalized spacial score (nSPS) is 26.8. The van der Waals surface area contributed by atoms with E-state index >= 15 is 0 Å². The maximum absolute atomic E-state index is 12.2. The largest absolute Gasteiger partial charge is 0.383 e. The topological polar surface area (TPSA) is 40.5 Å². The van der Waals surface area contributed by atoms with Crippen LogP contribution >= 0.6 is 0 Å². The summed E-state index contributed by atoms with van der Waals surface area (Å²) in [6.07, 6.45) is 0.874. The summed E-state index contributed by atoms with van der Waals surface area (Å²) in [6.45, 7) is 7.90. The molecule has 1 unspecified atom stereocenters. The van der Waals surface area contributed by atoms with Gasteiger partial charge in [0.2, 0.25) is 5.91 Å². The van der Waals surface area contributed by atoms with Crippen molar-refractivity contribution in [3.8, 4) is 0 Å². The van der Waals surface area contributed by atoms with Gasteiger partial charge in [0.05, 0.1) is 5.54 Å². The van der Waals surface area contributed by atoms with Gasteiger partial charge in [-0.25, -0.2) is 0 Å². The van der Waals surface area contributed by atoms with Crippen molar-refractivity contribution in [3.63, 3.8) is 0 Å². The Morgan fingerprint density at radius 1 is 1.21 bits per heavy atom. The van der Waals surface area contributed by atoms with Crippen LogP contribution in [0, 0.1) is 0 Å². The second-order valence-electron chi connectivity index (χ2n) is 6.14. The molecule has 0 bridgehead atoms. The molecule has 1 aromatic carbocycles. The predicted molar refractivity (Wildman–Crippen MR) is 75.6 cm³/mol. The molecule has 3 nitrogen and oxygen atoms in total. The minimum Gasteiger partial charge on any atom is -0.383 e. The summed E-state index contributed by atoms with van der Waals surface area (Å²) in [7, 11) is 0. The summed E-state index contributed by atoms with van der Waals surface area (Å²) >= 11 is 0. The number of hydrogen-bond donors (Lipinski definition) is 1. The highest BCUT2D eigenvalue weighted by Gasteiger charge is 2.53. The minimum atomic E-state index is -0.994. The van der Waals surface area contributed by atoms with Gasteiger partial charge in [-0.15, -0.1) is 0 Å². The Bertz CT molecular complexity index is 467. The van der Waals surface area contributed by atoms with Crippen LogP contribution in [0.25, 0.3) is 0 Å². The summed E-state index contributed by atoms with van der Waals surface area (Å²) in [6, 6.07) is 9.76. The van der Waals surface area contributed by atoms with E-state index in [4.69, 9.17) is 0 Å². The SMILES string of the molecule is CC(C)N1C(=O)CCC(O)(c2ccccc2)C1(C)C. The molecule has 0 aliphatic carbocycles. The first-order valence-corrected chi connectivity index (χ1v) is 6.91. The predicted octanol–water partition coefficient (Wildman–Crippen LogP) is 2.68. The maximum Gasteiger partial charge on any atom is 0.223 e. The van der Waals surface area contributed by atoms with E-state index in [9.17, 15) is 9.90 Å². The Labute approximate surface area is 115 Å². The average molecular weight is 261 g/mol. The van der Waals surface area contributed by atoms with Gasteiger partial charge in [-0.2, -0.15) is 0 Å². The summed E-state index contributed by atoms with van der Waals surface area (Å²) < 4.78 is 0. The lowest BCUT2D eigenvalue weighted by Gasteiger charge is -2.55. The first-order chi connectivity index (χ1) is 8.80. The van der Waals surface area contributed by atoms with Gasteiger partial charge in [0.25, 0.3) is 0 Å². The summed E-state index contributed by atoms with van der Waals surface area (Å²) in [4.78, 5) is 14.0. The van der Waals surface area contributed by atoms with Gasteiger partial charge in [0.15, 0.2) is 0 Å². The van der Waals surface area contributed by atoms with Gasteiger partial charge in [-0.3, -0.25) is 4.79 Å². The molecule has 1 aliphatic rings. The van der Waals surface area contributed by atoms with Crippen molar-refractivity contribution in [2.75, 3.05) is 0 Å². The molecular formula is C16H23NO2. The molecule has 1 amide bonds. The van der Waals surface area contributed by atoms with Crippen LogP contribution in [0.1, 0.15) is 46.1 Å². The highest BCUT2D eigenvalue weighted by molar-refractivity contribution is 5.79. The Morgan fingerprint density at radius 2 is 1.79 bits per heavy atom. The van der Waals surface area contributed by atoms with Crippen molar-refractivity contribution >= 4 is 5.91 Å². The molecule has 0 aromatic heterocycles. The average Bonchev–Trinajstić information content (AvgIpc) is 2.34. The second kappa shape index (κ2) is 4.64. The molecule has 1 atom stereocenters. The fourth-order valence-electron chi connectivity index (χ4n) is 3.37. The third-order valence-electron chi connectivity index (χ3n) is 4.35.